The second-order valence-electron chi connectivity index (χ2n) is 2.64. The van der Waals surface area contributed by atoms with Crippen molar-refractivity contribution in [3.8, 4) is 5.75 Å². The summed E-state index contributed by atoms with van der Waals surface area (Å²) in [5.41, 5.74) is 5.73. The number of hydrogen-bond acceptors (Lipinski definition) is 3. The van der Waals surface area contributed by atoms with E-state index in [1.807, 2.05) is 6.92 Å². The van der Waals surface area contributed by atoms with Crippen molar-refractivity contribution in [1.29, 1.82) is 5.41 Å². The van der Waals surface area contributed by atoms with Gasteiger partial charge in [-0.05, 0) is 12.5 Å². The van der Waals surface area contributed by atoms with E-state index >= 15 is 0 Å². The molecule has 3 N–H and O–H groups in total. The average Bonchev–Trinajstić information content (AvgIpc) is 2.15. The highest BCUT2D eigenvalue weighted by atomic mass is 16.5. The molecule has 1 rings (SSSR count). The average molecular weight is 179 g/mol. The third-order valence-corrected chi connectivity index (χ3v) is 1.48. The molecule has 0 bridgehead atoms. The Kier molecular flexibility index (Phi) is 3.25. The fraction of sp³-hybridized carbons (Fsp3) is 0.333. The molecule has 0 atom stereocenters. The number of ether oxygens (including phenoxy) is 1. The van der Waals surface area contributed by atoms with Gasteiger partial charge in [0.25, 0.3) is 0 Å². The Balaban J connectivity index is 2.73. The topological polar surface area (TPSA) is 72.0 Å². The monoisotopic (exact) mass is 179 g/mol. The highest BCUT2D eigenvalue weighted by molar-refractivity contribution is 5.93. The van der Waals surface area contributed by atoms with Crippen LogP contribution in [0.3, 0.4) is 0 Å². The van der Waals surface area contributed by atoms with Crippen LogP contribution in [0.5, 0.6) is 5.75 Å². The molecule has 1 aromatic rings. The van der Waals surface area contributed by atoms with Gasteiger partial charge in [-0.2, -0.15) is 0 Å². The Labute approximate surface area is 77.2 Å². The molecule has 13 heavy (non-hydrogen) atoms. The molecule has 0 amide bonds. The smallest absolute Gasteiger partial charge is 0.141 e. The predicted molar refractivity (Wildman–Crippen MR) is 51.0 cm³/mol. The van der Waals surface area contributed by atoms with Crippen molar-refractivity contribution in [3.05, 3.63) is 24.0 Å². The van der Waals surface area contributed by atoms with Gasteiger partial charge in [-0.1, -0.05) is 6.92 Å². The van der Waals surface area contributed by atoms with E-state index < -0.39 is 0 Å². The molecule has 0 unspecified atom stereocenters. The van der Waals surface area contributed by atoms with Crippen LogP contribution in [-0.2, 0) is 0 Å². The molecule has 4 heteroatoms. The fourth-order valence-corrected chi connectivity index (χ4v) is 0.868. The van der Waals surface area contributed by atoms with Crippen molar-refractivity contribution in [2.45, 2.75) is 13.3 Å². The second-order valence-corrected chi connectivity index (χ2v) is 2.64. The van der Waals surface area contributed by atoms with Crippen molar-refractivity contribution in [1.82, 2.24) is 4.98 Å². The maximum absolute atomic E-state index is 7.17. The Bertz CT molecular complexity index is 299. The van der Waals surface area contributed by atoms with Crippen molar-refractivity contribution < 1.29 is 4.74 Å². The van der Waals surface area contributed by atoms with Gasteiger partial charge in [-0.3, -0.25) is 10.4 Å². The van der Waals surface area contributed by atoms with Crippen molar-refractivity contribution >= 4 is 5.84 Å². The molecule has 0 aliphatic rings. The van der Waals surface area contributed by atoms with Gasteiger partial charge in [-0.15, -0.1) is 0 Å². The molecule has 0 saturated carbocycles. The molecule has 0 fully saturated rings. The zero-order chi connectivity index (χ0) is 9.68. The molecule has 4 nitrogen and oxygen atoms in total. The van der Waals surface area contributed by atoms with Crippen LogP contribution in [-0.4, -0.2) is 17.4 Å². The summed E-state index contributed by atoms with van der Waals surface area (Å²) >= 11 is 0. The maximum Gasteiger partial charge on any atom is 0.141 e. The number of nitrogen functional groups attached to an aromatic ring is 1. The van der Waals surface area contributed by atoms with Gasteiger partial charge in [-0.25, -0.2) is 0 Å². The lowest BCUT2D eigenvalue weighted by Gasteiger charge is -2.04. The molecule has 0 radical (unpaired) electrons. The lowest BCUT2D eigenvalue weighted by molar-refractivity contribution is 0.317. The second kappa shape index (κ2) is 4.45. The third kappa shape index (κ3) is 2.74. The summed E-state index contributed by atoms with van der Waals surface area (Å²) in [6.45, 7) is 2.70. The first-order chi connectivity index (χ1) is 6.24. The minimum atomic E-state index is -0.0399. The van der Waals surface area contributed by atoms with Gasteiger partial charge < -0.3 is 10.5 Å². The Morgan fingerprint density at radius 3 is 3.08 bits per heavy atom. The van der Waals surface area contributed by atoms with Crippen LogP contribution in [0.15, 0.2) is 18.3 Å². The van der Waals surface area contributed by atoms with E-state index in [1.165, 1.54) is 0 Å². The zero-order valence-electron chi connectivity index (χ0n) is 7.58. The SMILES string of the molecule is CCCOc1ccnc(C(=N)N)c1. The van der Waals surface area contributed by atoms with E-state index in [9.17, 15) is 0 Å². The minimum Gasteiger partial charge on any atom is -0.493 e. The summed E-state index contributed by atoms with van der Waals surface area (Å²) in [6, 6.07) is 3.42. The first-order valence-corrected chi connectivity index (χ1v) is 4.17. The highest BCUT2D eigenvalue weighted by Crippen LogP contribution is 2.10. The van der Waals surface area contributed by atoms with Crippen LogP contribution in [0.1, 0.15) is 19.0 Å². The van der Waals surface area contributed by atoms with E-state index in [4.69, 9.17) is 15.9 Å². The number of hydrogen-bond donors (Lipinski definition) is 2. The lowest BCUT2D eigenvalue weighted by Crippen LogP contribution is -2.13. The fourth-order valence-electron chi connectivity index (χ4n) is 0.868. The van der Waals surface area contributed by atoms with E-state index in [-0.39, 0.29) is 5.84 Å². The van der Waals surface area contributed by atoms with E-state index in [0.717, 1.165) is 6.42 Å². The number of rotatable bonds is 4. The van der Waals surface area contributed by atoms with E-state index in [0.29, 0.717) is 18.1 Å². The van der Waals surface area contributed by atoms with Gasteiger partial charge in [0, 0.05) is 12.3 Å². The highest BCUT2D eigenvalue weighted by Gasteiger charge is 1.99. The van der Waals surface area contributed by atoms with Gasteiger partial charge in [0.05, 0.1) is 6.61 Å². The van der Waals surface area contributed by atoms with Gasteiger partial charge >= 0.3 is 0 Å². The predicted octanol–water partition coefficient (Wildman–Crippen LogP) is 1.15. The zero-order valence-corrected chi connectivity index (χ0v) is 7.58. The summed E-state index contributed by atoms with van der Waals surface area (Å²) < 4.78 is 5.35. The molecular formula is C9H13N3O. The number of nitrogens with zero attached hydrogens (tertiary/aromatic N) is 1. The number of nitrogens with one attached hydrogen (secondary N) is 1. The minimum absolute atomic E-state index is 0.0399. The molecule has 1 aromatic heterocycles. The van der Waals surface area contributed by atoms with Crippen LogP contribution in [0, 0.1) is 5.41 Å². The first kappa shape index (κ1) is 9.51. The van der Waals surface area contributed by atoms with E-state index in [1.54, 1.807) is 18.3 Å². The van der Waals surface area contributed by atoms with Crippen LogP contribution in [0.4, 0.5) is 0 Å². The maximum atomic E-state index is 7.17. The lowest BCUT2D eigenvalue weighted by atomic mass is 10.3. The van der Waals surface area contributed by atoms with Gasteiger partial charge in [0.1, 0.15) is 17.3 Å². The molecule has 0 aliphatic carbocycles. The Hall–Kier alpha value is -1.58. The number of pyridine rings is 1. The molecule has 0 spiro atoms. The normalized spacial score (nSPS) is 9.62. The summed E-state index contributed by atoms with van der Waals surface area (Å²) in [7, 11) is 0. The van der Waals surface area contributed by atoms with Gasteiger partial charge in [0.2, 0.25) is 0 Å². The van der Waals surface area contributed by atoms with Crippen LogP contribution < -0.4 is 10.5 Å². The van der Waals surface area contributed by atoms with Crippen LogP contribution in [0.25, 0.3) is 0 Å². The summed E-state index contributed by atoms with van der Waals surface area (Å²) in [5.74, 6) is 0.670. The molecule has 0 aliphatic heterocycles. The van der Waals surface area contributed by atoms with Crippen LogP contribution >= 0.6 is 0 Å². The third-order valence-electron chi connectivity index (χ3n) is 1.48. The Morgan fingerprint density at radius 1 is 1.69 bits per heavy atom. The first-order valence-electron chi connectivity index (χ1n) is 4.17. The molecule has 0 aromatic carbocycles. The van der Waals surface area contributed by atoms with Crippen molar-refractivity contribution in [2.24, 2.45) is 5.73 Å². The molecule has 70 valence electrons. The van der Waals surface area contributed by atoms with Crippen molar-refractivity contribution in [2.75, 3.05) is 6.61 Å². The van der Waals surface area contributed by atoms with Crippen molar-refractivity contribution in [3.63, 3.8) is 0 Å². The Morgan fingerprint density at radius 2 is 2.46 bits per heavy atom. The molecular weight excluding hydrogens is 166 g/mol. The largest absolute Gasteiger partial charge is 0.493 e. The van der Waals surface area contributed by atoms with Crippen LogP contribution in [0.2, 0.25) is 0 Å². The standard InChI is InChI=1S/C9H13N3O/c1-2-5-13-7-3-4-12-8(6-7)9(10)11/h3-4,6H,2,5H2,1H3,(H3,10,11). The molecule has 1 heterocycles. The van der Waals surface area contributed by atoms with Gasteiger partial charge in [0.15, 0.2) is 0 Å². The summed E-state index contributed by atoms with van der Waals surface area (Å²) in [5, 5.41) is 7.17. The quantitative estimate of drug-likeness (QED) is 0.538. The number of amidine groups is 1. The molecule has 0 saturated heterocycles. The number of nitrogens with two attached hydrogens (primary N) is 1. The summed E-state index contributed by atoms with van der Waals surface area (Å²) in [4.78, 5) is 3.92. The summed E-state index contributed by atoms with van der Waals surface area (Å²) in [6.07, 6.45) is 2.54. The number of aromatic nitrogens is 1. The van der Waals surface area contributed by atoms with E-state index in [2.05, 4.69) is 4.98 Å².